The molecule has 3 aliphatic rings. The van der Waals surface area contributed by atoms with Crippen molar-refractivity contribution in [2.75, 3.05) is 40.5 Å². The molecule has 0 aromatic carbocycles. The van der Waals surface area contributed by atoms with Gasteiger partial charge in [0.1, 0.15) is 6.29 Å². The minimum absolute atomic E-state index is 0.0431. The molecule has 0 aromatic heterocycles. The van der Waals surface area contributed by atoms with Gasteiger partial charge in [-0.1, -0.05) is 38.2 Å². The second-order valence-electron chi connectivity index (χ2n) is 11.8. The van der Waals surface area contributed by atoms with Crippen molar-refractivity contribution in [2.45, 2.75) is 87.1 Å². The molecule has 1 heterocycles. The summed E-state index contributed by atoms with van der Waals surface area (Å²) in [4.78, 5) is 14.2. The zero-order valence-electron chi connectivity index (χ0n) is 23.2. The molecule has 10 heteroatoms. The molecule has 1 aliphatic heterocycles. The van der Waals surface area contributed by atoms with Crippen LogP contribution < -0.4 is 26.6 Å². The van der Waals surface area contributed by atoms with Crippen LogP contribution in [0, 0.1) is 23.7 Å². The van der Waals surface area contributed by atoms with Gasteiger partial charge in [0.2, 0.25) is 5.91 Å². The summed E-state index contributed by atoms with van der Waals surface area (Å²) in [5, 5.41) is 17.6. The Kier molecular flexibility index (Phi) is 11.5. The quantitative estimate of drug-likeness (QED) is 0.136. The van der Waals surface area contributed by atoms with Crippen molar-refractivity contribution in [3.05, 3.63) is 12.7 Å². The summed E-state index contributed by atoms with van der Waals surface area (Å²) in [5.41, 5.74) is 0.200. The highest BCUT2D eigenvalue weighted by Gasteiger charge is 2.40. The predicted octanol–water partition coefficient (Wildman–Crippen LogP) is 2.16. The molecular formula is C27H48ClN6O2P. The first kappa shape index (κ1) is 30.6. The number of carbonyl (C=O) groups excluding carboxylic acids is 1. The summed E-state index contributed by atoms with van der Waals surface area (Å²) in [6.07, 6.45) is 7.15. The average Bonchev–Trinajstić information content (AvgIpc) is 2.83. The van der Waals surface area contributed by atoms with Gasteiger partial charge in [-0.25, -0.2) is 0 Å². The number of rotatable bonds is 8. The number of halogens is 1. The lowest BCUT2D eigenvalue weighted by Gasteiger charge is -2.45. The third-order valence-corrected chi connectivity index (χ3v) is 10.7. The van der Waals surface area contributed by atoms with Crippen molar-refractivity contribution in [3.63, 3.8) is 0 Å². The topological polar surface area (TPSA) is 97.5 Å². The van der Waals surface area contributed by atoms with E-state index in [0.29, 0.717) is 19.0 Å². The van der Waals surface area contributed by atoms with Gasteiger partial charge in [-0.3, -0.25) is 31.0 Å². The van der Waals surface area contributed by atoms with E-state index in [1.807, 2.05) is 32.3 Å². The summed E-state index contributed by atoms with van der Waals surface area (Å²) in [6.45, 7) is 11.1. The molecule has 0 radical (unpaired) electrons. The fourth-order valence-corrected chi connectivity index (χ4v) is 8.11. The standard InChI is InChI=1S/C27H48ClN6O2P/c1-7-25(35)30-23-16-22(18(2)15-19(23)11-10-14-34(3)4)32-27-29-17-20(28)26(33-27)31-21-12-8-9-13-24(21)37(5,6)36/h7,18-24,26-27,29,31-33H,1,8-9,12-17H2,2-6H3,(H,30,35). The van der Waals surface area contributed by atoms with Crippen LogP contribution in [-0.4, -0.2) is 92.9 Å². The highest BCUT2D eigenvalue weighted by atomic mass is 35.5. The summed E-state index contributed by atoms with van der Waals surface area (Å²) in [6, 6.07) is 0.354. The highest BCUT2D eigenvalue weighted by Crippen LogP contribution is 2.49. The van der Waals surface area contributed by atoms with E-state index in [1.54, 1.807) is 0 Å². The Balaban J connectivity index is 1.64. The molecule has 210 valence electrons. The van der Waals surface area contributed by atoms with E-state index in [1.165, 1.54) is 6.08 Å². The molecule has 9 atom stereocenters. The van der Waals surface area contributed by atoms with E-state index >= 15 is 0 Å². The normalized spacial score (nSPS) is 36.9. The Bertz CT molecular complexity index is 886. The van der Waals surface area contributed by atoms with Crippen molar-refractivity contribution < 1.29 is 9.36 Å². The second-order valence-corrected chi connectivity index (χ2v) is 15.9. The molecule has 0 spiro atoms. The van der Waals surface area contributed by atoms with Crippen molar-refractivity contribution >= 4 is 24.7 Å². The van der Waals surface area contributed by atoms with Crippen molar-refractivity contribution in [2.24, 2.45) is 11.8 Å². The number of hydrogen-bond donors (Lipinski definition) is 5. The van der Waals surface area contributed by atoms with E-state index in [4.69, 9.17) is 11.6 Å². The van der Waals surface area contributed by atoms with Crippen LogP contribution in [0.25, 0.3) is 0 Å². The third-order valence-electron chi connectivity index (χ3n) is 8.03. The lowest BCUT2D eigenvalue weighted by molar-refractivity contribution is -0.117. The van der Waals surface area contributed by atoms with Crippen LogP contribution >= 0.6 is 18.7 Å². The molecule has 1 saturated heterocycles. The van der Waals surface area contributed by atoms with Crippen molar-refractivity contribution in [1.82, 2.24) is 31.5 Å². The number of nitrogens with one attached hydrogen (secondary N) is 5. The highest BCUT2D eigenvalue weighted by molar-refractivity contribution is 7.63. The minimum atomic E-state index is -2.20. The van der Waals surface area contributed by atoms with Gasteiger partial charge in [-0.05, 0) is 65.1 Å². The first-order valence-corrected chi connectivity index (χ1v) is 16.8. The van der Waals surface area contributed by atoms with E-state index in [9.17, 15) is 9.36 Å². The Morgan fingerprint density at radius 2 is 1.89 bits per heavy atom. The van der Waals surface area contributed by atoms with E-state index < -0.39 is 7.14 Å². The summed E-state index contributed by atoms with van der Waals surface area (Å²) in [7, 11) is 1.81. The number of nitrogens with zero attached hydrogens (tertiary/aromatic N) is 1. The van der Waals surface area contributed by atoms with Crippen LogP contribution in [0.15, 0.2) is 12.7 Å². The second kappa shape index (κ2) is 13.9. The van der Waals surface area contributed by atoms with E-state index in [-0.39, 0.29) is 53.4 Å². The monoisotopic (exact) mass is 554 g/mol. The maximum atomic E-state index is 13.0. The predicted molar refractivity (Wildman–Crippen MR) is 154 cm³/mol. The van der Waals surface area contributed by atoms with Crippen LogP contribution in [0.5, 0.6) is 0 Å². The molecule has 2 saturated carbocycles. The van der Waals surface area contributed by atoms with Gasteiger partial charge in [0, 0.05) is 36.2 Å². The minimum Gasteiger partial charge on any atom is -0.349 e. The van der Waals surface area contributed by atoms with E-state index in [2.05, 4.69) is 51.9 Å². The Morgan fingerprint density at radius 1 is 1.16 bits per heavy atom. The molecular weight excluding hydrogens is 507 g/mol. The smallest absolute Gasteiger partial charge is 0.243 e. The van der Waals surface area contributed by atoms with Crippen molar-refractivity contribution in [3.8, 4) is 11.8 Å². The van der Waals surface area contributed by atoms with Gasteiger partial charge in [0.15, 0.2) is 0 Å². The Hall–Kier alpha value is -0.910. The number of hydrogen-bond acceptors (Lipinski definition) is 7. The zero-order valence-corrected chi connectivity index (χ0v) is 24.9. The maximum Gasteiger partial charge on any atom is 0.243 e. The molecule has 3 fully saturated rings. The van der Waals surface area contributed by atoms with Gasteiger partial charge in [0.25, 0.3) is 0 Å². The number of carbonyl (C=O) groups is 1. The lowest BCUT2D eigenvalue weighted by atomic mass is 9.75. The fraction of sp³-hybridized carbons (Fsp3) is 0.815. The SMILES string of the molecule is C=CC(=O)NC1CC(NC2NCC(Cl)C(NC3CCCCC3P(C)(C)=O)N2)C(C)CC1C#CCN(C)C. The van der Waals surface area contributed by atoms with Gasteiger partial charge < -0.3 is 9.88 Å². The molecule has 5 N–H and O–H groups in total. The largest absolute Gasteiger partial charge is 0.349 e. The van der Waals surface area contributed by atoms with Crippen LogP contribution in [0.1, 0.15) is 45.4 Å². The van der Waals surface area contributed by atoms with Crippen molar-refractivity contribution in [1.29, 1.82) is 0 Å². The average molecular weight is 555 g/mol. The first-order chi connectivity index (χ1) is 17.5. The first-order valence-electron chi connectivity index (χ1n) is 13.7. The Morgan fingerprint density at radius 3 is 2.57 bits per heavy atom. The van der Waals surface area contributed by atoms with Gasteiger partial charge in [-0.2, -0.15) is 0 Å². The van der Waals surface area contributed by atoms with Crippen LogP contribution in [0.2, 0.25) is 0 Å². The van der Waals surface area contributed by atoms with Gasteiger partial charge in [0.05, 0.1) is 25.2 Å². The molecule has 0 bridgehead atoms. The third kappa shape index (κ3) is 9.07. The van der Waals surface area contributed by atoms with Crippen LogP contribution in [0.4, 0.5) is 0 Å². The molecule has 0 aromatic rings. The summed E-state index contributed by atoms with van der Waals surface area (Å²) < 4.78 is 13.0. The number of alkyl halides is 1. The fourth-order valence-electron chi connectivity index (χ4n) is 5.97. The lowest BCUT2D eigenvalue weighted by Crippen LogP contribution is -2.72. The molecule has 37 heavy (non-hydrogen) atoms. The van der Waals surface area contributed by atoms with E-state index in [0.717, 1.165) is 38.5 Å². The van der Waals surface area contributed by atoms with Crippen LogP contribution in [-0.2, 0) is 9.36 Å². The van der Waals surface area contributed by atoms with Gasteiger partial charge in [-0.15, -0.1) is 11.6 Å². The molecule has 3 rings (SSSR count). The van der Waals surface area contributed by atoms with Gasteiger partial charge >= 0.3 is 0 Å². The molecule has 1 amide bonds. The molecule has 8 nitrogen and oxygen atoms in total. The summed E-state index contributed by atoms with van der Waals surface area (Å²) >= 11 is 6.73. The number of amides is 1. The zero-order chi connectivity index (χ0) is 27.2. The Labute approximate surface area is 229 Å². The van der Waals surface area contributed by atoms with Crippen LogP contribution in [0.3, 0.4) is 0 Å². The maximum absolute atomic E-state index is 13.0. The summed E-state index contributed by atoms with van der Waals surface area (Å²) in [5.74, 6) is 7.01. The molecule has 9 unspecified atom stereocenters. The molecule has 2 aliphatic carbocycles.